The highest BCUT2D eigenvalue weighted by Gasteiger charge is 2.51. The van der Waals surface area contributed by atoms with Crippen molar-refractivity contribution in [3.63, 3.8) is 0 Å². The Labute approximate surface area is 170 Å². The summed E-state index contributed by atoms with van der Waals surface area (Å²) >= 11 is 3.06. The Morgan fingerprint density at radius 1 is 1.18 bits per heavy atom. The van der Waals surface area contributed by atoms with Crippen LogP contribution in [0, 0.1) is 13.8 Å². The first-order valence-electron chi connectivity index (χ1n) is 8.78. The molecular formula is C20H21BrF2NO3P. The third-order valence-electron chi connectivity index (χ3n) is 5.19. The predicted octanol–water partition coefficient (Wildman–Crippen LogP) is 5.86. The Morgan fingerprint density at radius 2 is 1.86 bits per heavy atom. The SMILES string of the molecule is CCc1cccc2c(C)c(C)n(Cc3ccc(C(F)(F)P(=O)(O)O)c(Br)c3)c12. The molecule has 0 aliphatic rings. The molecular weight excluding hydrogens is 451 g/mol. The summed E-state index contributed by atoms with van der Waals surface area (Å²) in [4.78, 5) is 18.0. The number of halogens is 3. The van der Waals surface area contributed by atoms with Crippen molar-refractivity contribution in [2.24, 2.45) is 0 Å². The van der Waals surface area contributed by atoms with Crippen molar-refractivity contribution in [2.75, 3.05) is 0 Å². The molecule has 0 saturated carbocycles. The van der Waals surface area contributed by atoms with Crippen molar-refractivity contribution >= 4 is 34.4 Å². The fraction of sp³-hybridized carbons (Fsp3) is 0.300. The van der Waals surface area contributed by atoms with E-state index in [2.05, 4.69) is 46.5 Å². The van der Waals surface area contributed by atoms with Gasteiger partial charge in [0.05, 0.1) is 5.52 Å². The van der Waals surface area contributed by atoms with Crippen LogP contribution in [0.25, 0.3) is 10.9 Å². The van der Waals surface area contributed by atoms with Gasteiger partial charge in [-0.3, -0.25) is 4.57 Å². The smallest absolute Gasteiger partial charge is 0.340 e. The highest BCUT2D eigenvalue weighted by Crippen LogP contribution is 2.60. The summed E-state index contributed by atoms with van der Waals surface area (Å²) in [6.45, 7) is 6.65. The summed E-state index contributed by atoms with van der Waals surface area (Å²) in [6, 6.07) is 10.2. The topological polar surface area (TPSA) is 62.5 Å². The molecule has 0 amide bonds. The van der Waals surface area contributed by atoms with E-state index in [1.807, 2.05) is 13.0 Å². The molecule has 0 aliphatic heterocycles. The molecule has 0 spiro atoms. The van der Waals surface area contributed by atoms with Crippen LogP contribution < -0.4 is 0 Å². The lowest BCUT2D eigenvalue weighted by Gasteiger charge is -2.20. The number of rotatable bonds is 5. The van der Waals surface area contributed by atoms with Gasteiger partial charge in [-0.2, -0.15) is 8.78 Å². The van der Waals surface area contributed by atoms with Crippen LogP contribution in [-0.4, -0.2) is 14.4 Å². The molecule has 2 aromatic carbocycles. The van der Waals surface area contributed by atoms with E-state index in [1.54, 1.807) is 0 Å². The van der Waals surface area contributed by atoms with E-state index in [0.717, 1.165) is 29.3 Å². The highest BCUT2D eigenvalue weighted by molar-refractivity contribution is 9.10. The van der Waals surface area contributed by atoms with E-state index in [9.17, 15) is 13.3 Å². The maximum Gasteiger partial charge on any atom is 0.399 e. The van der Waals surface area contributed by atoms with Gasteiger partial charge in [-0.25, -0.2) is 0 Å². The van der Waals surface area contributed by atoms with Crippen molar-refractivity contribution in [2.45, 2.75) is 39.4 Å². The molecule has 0 unspecified atom stereocenters. The normalized spacial score (nSPS) is 12.7. The first kappa shape index (κ1) is 21.2. The zero-order valence-electron chi connectivity index (χ0n) is 15.7. The summed E-state index contributed by atoms with van der Waals surface area (Å²) < 4.78 is 41.4. The third-order valence-corrected chi connectivity index (χ3v) is 6.81. The van der Waals surface area contributed by atoms with E-state index >= 15 is 0 Å². The predicted molar refractivity (Wildman–Crippen MR) is 110 cm³/mol. The van der Waals surface area contributed by atoms with E-state index in [-0.39, 0.29) is 4.47 Å². The number of aromatic nitrogens is 1. The molecule has 8 heteroatoms. The van der Waals surface area contributed by atoms with Gasteiger partial charge in [0, 0.05) is 27.7 Å². The summed E-state index contributed by atoms with van der Waals surface area (Å²) in [5, 5.41) is 1.17. The zero-order chi connectivity index (χ0) is 20.9. The van der Waals surface area contributed by atoms with E-state index < -0.39 is 18.8 Å². The van der Waals surface area contributed by atoms with Gasteiger partial charge < -0.3 is 14.4 Å². The number of fused-ring (bicyclic) bond motifs is 1. The molecule has 0 fully saturated rings. The van der Waals surface area contributed by atoms with Gasteiger partial charge in [-0.1, -0.05) is 53.2 Å². The first-order chi connectivity index (χ1) is 13.0. The molecule has 0 aliphatic carbocycles. The maximum atomic E-state index is 14.1. The second-order valence-corrected chi connectivity index (χ2v) is 9.37. The fourth-order valence-electron chi connectivity index (χ4n) is 3.50. The van der Waals surface area contributed by atoms with Gasteiger partial charge in [0.15, 0.2) is 0 Å². The van der Waals surface area contributed by atoms with Crippen LogP contribution in [0.5, 0.6) is 0 Å². The van der Waals surface area contributed by atoms with E-state index in [0.29, 0.717) is 6.54 Å². The van der Waals surface area contributed by atoms with E-state index in [4.69, 9.17) is 9.79 Å². The number of benzene rings is 2. The second-order valence-electron chi connectivity index (χ2n) is 6.86. The molecule has 0 saturated heterocycles. The minimum absolute atomic E-state index is 0.0279. The number of hydrogen-bond donors (Lipinski definition) is 2. The summed E-state index contributed by atoms with van der Waals surface area (Å²) in [7, 11) is -5.62. The number of alkyl halides is 2. The van der Waals surface area contributed by atoms with Gasteiger partial charge in [-0.05, 0) is 43.0 Å². The summed E-state index contributed by atoms with van der Waals surface area (Å²) in [5.41, 5.74) is 0.392. The molecule has 0 radical (unpaired) electrons. The molecule has 1 aromatic heterocycles. The largest absolute Gasteiger partial charge is 0.399 e. The highest BCUT2D eigenvalue weighted by atomic mass is 79.9. The molecule has 1 heterocycles. The molecule has 150 valence electrons. The number of para-hydroxylation sites is 1. The number of hydrogen-bond acceptors (Lipinski definition) is 1. The lowest BCUT2D eigenvalue weighted by atomic mass is 10.1. The molecule has 4 nitrogen and oxygen atoms in total. The monoisotopic (exact) mass is 471 g/mol. The van der Waals surface area contributed by atoms with Gasteiger partial charge in [0.25, 0.3) is 0 Å². The molecule has 2 N–H and O–H groups in total. The number of aryl methyl sites for hydroxylation is 2. The van der Waals surface area contributed by atoms with Crippen molar-refractivity contribution in [1.29, 1.82) is 0 Å². The molecule has 28 heavy (non-hydrogen) atoms. The van der Waals surface area contributed by atoms with Crippen molar-refractivity contribution < 1.29 is 23.1 Å². The quantitative estimate of drug-likeness (QED) is 0.458. The Kier molecular flexibility index (Phi) is 5.58. The average Bonchev–Trinajstić information content (AvgIpc) is 2.86. The summed E-state index contributed by atoms with van der Waals surface area (Å²) in [6.07, 6.45) is 0.872. The Balaban J connectivity index is 2.08. The number of nitrogens with zero attached hydrogens (tertiary/aromatic N) is 1. The fourth-order valence-corrected chi connectivity index (χ4v) is 4.84. The Hall–Kier alpha value is -1.53. The second kappa shape index (κ2) is 7.38. The minimum Gasteiger partial charge on any atom is -0.340 e. The first-order valence-corrected chi connectivity index (χ1v) is 11.2. The summed E-state index contributed by atoms with van der Waals surface area (Å²) in [5.74, 6) is 0. The van der Waals surface area contributed by atoms with Crippen molar-refractivity contribution in [3.8, 4) is 0 Å². The van der Waals surface area contributed by atoms with Gasteiger partial charge in [-0.15, -0.1) is 0 Å². The Bertz CT molecular complexity index is 1100. The van der Waals surface area contributed by atoms with Gasteiger partial charge >= 0.3 is 13.3 Å². The minimum atomic E-state index is -5.62. The van der Waals surface area contributed by atoms with Crippen LogP contribution in [0.2, 0.25) is 0 Å². The van der Waals surface area contributed by atoms with E-state index in [1.165, 1.54) is 28.6 Å². The average molecular weight is 472 g/mol. The van der Waals surface area contributed by atoms with Crippen LogP contribution in [0.1, 0.15) is 34.9 Å². The van der Waals surface area contributed by atoms with Crippen LogP contribution >= 0.6 is 23.5 Å². The third kappa shape index (κ3) is 3.45. The molecule has 3 aromatic rings. The van der Waals surface area contributed by atoms with Crippen LogP contribution in [0.15, 0.2) is 40.9 Å². The van der Waals surface area contributed by atoms with Crippen LogP contribution in [0.4, 0.5) is 8.78 Å². The van der Waals surface area contributed by atoms with Gasteiger partial charge in [0.2, 0.25) is 0 Å². The lowest BCUT2D eigenvalue weighted by molar-refractivity contribution is 0.0557. The van der Waals surface area contributed by atoms with Crippen LogP contribution in [0.3, 0.4) is 0 Å². The Morgan fingerprint density at radius 3 is 2.43 bits per heavy atom. The molecule has 0 bridgehead atoms. The maximum absolute atomic E-state index is 14.1. The van der Waals surface area contributed by atoms with Crippen LogP contribution in [-0.2, 0) is 23.2 Å². The lowest BCUT2D eigenvalue weighted by Crippen LogP contribution is -2.15. The zero-order valence-corrected chi connectivity index (χ0v) is 18.2. The standard InChI is InChI=1S/C20H21BrF2NO3P/c1-4-15-6-5-7-16-12(2)13(3)24(19(15)16)11-14-8-9-17(18(21)10-14)20(22,23)28(25,26)27/h5-10H,4,11H2,1-3H3,(H2,25,26,27). The van der Waals surface area contributed by atoms with Crippen molar-refractivity contribution in [1.82, 2.24) is 4.57 Å². The molecule has 0 atom stereocenters. The van der Waals surface area contributed by atoms with Crippen molar-refractivity contribution in [3.05, 3.63) is 68.8 Å². The molecule has 3 rings (SSSR count). The van der Waals surface area contributed by atoms with Gasteiger partial charge in [0.1, 0.15) is 0 Å².